The third-order valence-electron chi connectivity index (χ3n) is 3.36. The quantitative estimate of drug-likeness (QED) is 0.421. The number of halogens is 2. The van der Waals surface area contributed by atoms with Crippen LogP contribution in [-0.2, 0) is 9.59 Å². The lowest BCUT2D eigenvalue weighted by molar-refractivity contribution is -0.123. The fourth-order valence-corrected chi connectivity index (χ4v) is 2.53. The zero-order valence-electron chi connectivity index (χ0n) is 14.4. The molecule has 8 heteroatoms. The summed E-state index contributed by atoms with van der Waals surface area (Å²) in [5.74, 6) is -0.269. The van der Waals surface area contributed by atoms with Crippen molar-refractivity contribution in [3.05, 3.63) is 69.7 Å². The fraction of sp³-hybridized carbons (Fsp3) is 0.105. The number of carbonyl (C=O) groups is 2. The molecule has 0 unspecified atom stereocenters. The normalized spacial score (nSPS) is 10.9. The van der Waals surface area contributed by atoms with E-state index in [0.717, 1.165) is 5.56 Å². The number of hydrogen-bond acceptors (Lipinski definition) is 4. The third kappa shape index (κ3) is 6.44. The number of carbonyl (C=O) groups excluding carboxylic acids is 2. The van der Waals surface area contributed by atoms with Crippen molar-refractivity contribution in [2.24, 2.45) is 5.10 Å². The van der Waals surface area contributed by atoms with Gasteiger partial charge in [-0.15, -0.1) is 0 Å². The van der Waals surface area contributed by atoms with E-state index in [1.165, 1.54) is 12.3 Å². The Morgan fingerprint density at radius 1 is 1.11 bits per heavy atom. The number of methoxy groups -OCH3 is 1. The maximum atomic E-state index is 11.8. The summed E-state index contributed by atoms with van der Waals surface area (Å²) in [4.78, 5) is 23.5. The Bertz CT molecular complexity index is 862. The Hall–Kier alpha value is -2.83. The Morgan fingerprint density at radius 3 is 2.52 bits per heavy atom. The summed E-state index contributed by atoms with van der Waals surface area (Å²) in [5.41, 5.74) is 3.53. The molecule has 2 aromatic rings. The molecule has 0 spiro atoms. The van der Waals surface area contributed by atoms with Crippen LogP contribution in [0, 0.1) is 0 Å². The number of rotatable bonds is 7. The van der Waals surface area contributed by atoms with Gasteiger partial charge in [-0.2, -0.15) is 5.10 Å². The molecule has 2 aromatic carbocycles. The van der Waals surface area contributed by atoms with Gasteiger partial charge in [0.15, 0.2) is 0 Å². The Labute approximate surface area is 166 Å². The maximum absolute atomic E-state index is 11.8. The summed E-state index contributed by atoms with van der Waals surface area (Å²) in [5, 5.41) is 7.06. The second kappa shape index (κ2) is 10.4. The number of benzene rings is 2. The number of para-hydroxylation sites is 1. The maximum Gasteiger partial charge on any atom is 0.259 e. The summed E-state index contributed by atoms with van der Waals surface area (Å²) >= 11 is 12.0. The molecule has 0 aromatic heterocycles. The van der Waals surface area contributed by atoms with Crippen LogP contribution < -0.4 is 15.5 Å². The molecular formula is C19H17Cl2N3O3. The number of amides is 2. The molecule has 0 heterocycles. The van der Waals surface area contributed by atoms with Crippen molar-refractivity contribution in [1.82, 2.24) is 10.7 Å². The summed E-state index contributed by atoms with van der Waals surface area (Å²) in [7, 11) is 1.55. The highest BCUT2D eigenvalue weighted by molar-refractivity contribution is 6.38. The molecule has 0 atom stereocenters. The first kappa shape index (κ1) is 20.5. The van der Waals surface area contributed by atoms with Crippen LogP contribution in [0.4, 0.5) is 0 Å². The van der Waals surface area contributed by atoms with Gasteiger partial charge in [-0.1, -0.05) is 47.5 Å². The zero-order chi connectivity index (χ0) is 19.6. The van der Waals surface area contributed by atoms with Crippen LogP contribution >= 0.6 is 23.2 Å². The average Bonchev–Trinajstić information content (AvgIpc) is 2.67. The first-order valence-corrected chi connectivity index (χ1v) is 8.61. The van der Waals surface area contributed by atoms with Gasteiger partial charge >= 0.3 is 0 Å². The molecule has 140 valence electrons. The van der Waals surface area contributed by atoms with Crippen molar-refractivity contribution in [2.45, 2.75) is 0 Å². The Morgan fingerprint density at radius 2 is 1.81 bits per heavy atom. The van der Waals surface area contributed by atoms with Gasteiger partial charge in [0.05, 0.1) is 29.9 Å². The molecule has 0 aliphatic carbocycles. The van der Waals surface area contributed by atoms with Gasteiger partial charge in [0.25, 0.3) is 5.91 Å². The number of hydrogen-bond donors (Lipinski definition) is 2. The van der Waals surface area contributed by atoms with E-state index in [1.54, 1.807) is 37.5 Å². The molecule has 0 saturated carbocycles. The van der Waals surface area contributed by atoms with Crippen molar-refractivity contribution < 1.29 is 14.3 Å². The Balaban J connectivity index is 1.82. The monoisotopic (exact) mass is 405 g/mol. The van der Waals surface area contributed by atoms with Gasteiger partial charge in [0.2, 0.25) is 5.91 Å². The van der Waals surface area contributed by atoms with Gasteiger partial charge in [-0.05, 0) is 24.3 Å². The number of hydrazone groups is 1. The summed E-state index contributed by atoms with van der Waals surface area (Å²) < 4.78 is 5.19. The van der Waals surface area contributed by atoms with E-state index in [-0.39, 0.29) is 6.54 Å². The van der Waals surface area contributed by atoms with Gasteiger partial charge in [-0.25, -0.2) is 5.43 Å². The van der Waals surface area contributed by atoms with E-state index >= 15 is 0 Å². The minimum absolute atomic E-state index is 0.233. The van der Waals surface area contributed by atoms with Crippen LogP contribution in [0.5, 0.6) is 5.75 Å². The standard InChI is InChI=1S/C19H17Cl2N3O3/c1-27-17-8-3-2-5-13(17)9-10-18(25)22-12-19(26)24-23-11-14-15(20)6-4-7-16(14)21/h2-11H,12H2,1H3,(H,22,25)(H,24,26)/b10-9+,23-11+. The van der Waals surface area contributed by atoms with Gasteiger partial charge < -0.3 is 10.1 Å². The predicted molar refractivity (Wildman–Crippen MR) is 107 cm³/mol. The van der Waals surface area contributed by atoms with E-state index in [1.807, 2.05) is 18.2 Å². The molecule has 0 radical (unpaired) electrons. The SMILES string of the molecule is COc1ccccc1/C=C/C(=O)NCC(=O)N/N=C/c1c(Cl)cccc1Cl. The topological polar surface area (TPSA) is 79.8 Å². The molecule has 2 N–H and O–H groups in total. The second-order valence-corrected chi connectivity index (χ2v) is 6.04. The highest BCUT2D eigenvalue weighted by atomic mass is 35.5. The summed E-state index contributed by atoms with van der Waals surface area (Å²) in [6, 6.07) is 12.3. The van der Waals surface area contributed by atoms with Gasteiger partial charge in [-0.3, -0.25) is 9.59 Å². The molecule has 0 aliphatic heterocycles. The van der Waals surface area contributed by atoms with Crippen LogP contribution in [-0.4, -0.2) is 31.7 Å². The van der Waals surface area contributed by atoms with E-state index in [9.17, 15) is 9.59 Å². The first-order chi connectivity index (χ1) is 13.0. The van der Waals surface area contributed by atoms with E-state index in [4.69, 9.17) is 27.9 Å². The van der Waals surface area contributed by atoms with Crippen molar-refractivity contribution in [2.75, 3.05) is 13.7 Å². The Kier molecular flexibility index (Phi) is 7.85. The van der Waals surface area contributed by atoms with Gasteiger partial charge in [0.1, 0.15) is 5.75 Å². The summed E-state index contributed by atoms with van der Waals surface area (Å²) in [6.45, 7) is -0.233. The molecule has 2 amide bonds. The largest absolute Gasteiger partial charge is 0.496 e. The molecule has 6 nitrogen and oxygen atoms in total. The van der Waals surface area contributed by atoms with E-state index in [0.29, 0.717) is 21.4 Å². The predicted octanol–water partition coefficient (Wildman–Crippen LogP) is 3.28. The smallest absolute Gasteiger partial charge is 0.259 e. The number of ether oxygens (including phenoxy) is 1. The molecule has 0 aliphatic rings. The van der Waals surface area contributed by atoms with Crippen LogP contribution in [0.2, 0.25) is 10.0 Å². The van der Waals surface area contributed by atoms with Crippen molar-refractivity contribution in [3.8, 4) is 5.75 Å². The van der Waals surface area contributed by atoms with Crippen molar-refractivity contribution in [1.29, 1.82) is 0 Å². The first-order valence-electron chi connectivity index (χ1n) is 7.86. The molecule has 0 saturated heterocycles. The van der Waals surface area contributed by atoms with Crippen LogP contribution in [0.1, 0.15) is 11.1 Å². The van der Waals surface area contributed by atoms with E-state index < -0.39 is 11.8 Å². The molecule has 0 bridgehead atoms. The summed E-state index contributed by atoms with van der Waals surface area (Å²) in [6.07, 6.45) is 4.26. The third-order valence-corrected chi connectivity index (χ3v) is 4.02. The molecular weight excluding hydrogens is 389 g/mol. The lowest BCUT2D eigenvalue weighted by Crippen LogP contribution is -2.34. The van der Waals surface area contributed by atoms with Crippen LogP contribution in [0.25, 0.3) is 6.08 Å². The van der Waals surface area contributed by atoms with Crippen molar-refractivity contribution in [3.63, 3.8) is 0 Å². The molecule has 27 heavy (non-hydrogen) atoms. The number of nitrogens with one attached hydrogen (secondary N) is 2. The lowest BCUT2D eigenvalue weighted by Gasteiger charge is -2.04. The minimum atomic E-state index is -0.492. The lowest BCUT2D eigenvalue weighted by atomic mass is 10.2. The zero-order valence-corrected chi connectivity index (χ0v) is 15.9. The van der Waals surface area contributed by atoms with Crippen molar-refractivity contribution >= 4 is 47.3 Å². The molecule has 2 rings (SSSR count). The highest BCUT2D eigenvalue weighted by Gasteiger charge is 2.04. The van der Waals surface area contributed by atoms with Crippen LogP contribution in [0.3, 0.4) is 0 Å². The second-order valence-electron chi connectivity index (χ2n) is 5.22. The fourth-order valence-electron chi connectivity index (χ4n) is 2.04. The van der Waals surface area contributed by atoms with Crippen LogP contribution in [0.15, 0.2) is 53.6 Å². The average molecular weight is 406 g/mol. The van der Waals surface area contributed by atoms with E-state index in [2.05, 4.69) is 15.8 Å². The van der Waals surface area contributed by atoms with Gasteiger partial charge in [0, 0.05) is 17.2 Å². The minimum Gasteiger partial charge on any atom is -0.496 e. The highest BCUT2D eigenvalue weighted by Crippen LogP contribution is 2.22. The molecule has 0 fully saturated rings. The number of nitrogens with zero attached hydrogens (tertiary/aromatic N) is 1.